The fraction of sp³-hybridized carbons (Fsp3) is 0.875. The lowest BCUT2D eigenvalue weighted by Crippen LogP contribution is -2.50. The summed E-state index contributed by atoms with van der Waals surface area (Å²) in [6, 6.07) is 0.0323. The third kappa shape index (κ3) is 4.43. The molecule has 2 rings (SSSR count). The molecule has 5 nitrogen and oxygen atoms in total. The van der Waals surface area contributed by atoms with Crippen LogP contribution in [0.1, 0.15) is 64.2 Å². The van der Waals surface area contributed by atoms with E-state index in [0.29, 0.717) is 12.8 Å². The number of carboxylic acid groups (broad SMARTS) is 1. The summed E-state index contributed by atoms with van der Waals surface area (Å²) >= 11 is 0. The normalized spacial score (nSPS) is 28.8. The minimum Gasteiger partial charge on any atom is -0.481 e. The highest BCUT2D eigenvalue weighted by Crippen LogP contribution is 2.31. The van der Waals surface area contributed by atoms with Crippen LogP contribution < -0.4 is 10.6 Å². The van der Waals surface area contributed by atoms with Crippen LogP contribution in [0.4, 0.5) is 0 Å². The maximum atomic E-state index is 12.3. The van der Waals surface area contributed by atoms with E-state index in [1.807, 2.05) is 7.05 Å². The standard InChI is InChI=1S/C16H28N2O3/c1-17-16(8-3-2-4-9-16)11-14(19)18-13-7-5-6-12(10-13)15(20)21/h12-13,17H,2-11H2,1H3,(H,18,19)(H,20,21). The number of carboxylic acids is 1. The SMILES string of the molecule is CNC1(CC(=O)NC2CCCC(C(=O)O)C2)CCCCC1. The van der Waals surface area contributed by atoms with Gasteiger partial charge in [-0.3, -0.25) is 9.59 Å². The zero-order valence-electron chi connectivity index (χ0n) is 13.0. The molecule has 2 saturated carbocycles. The van der Waals surface area contributed by atoms with Gasteiger partial charge in [-0.25, -0.2) is 0 Å². The molecular weight excluding hydrogens is 268 g/mol. The maximum Gasteiger partial charge on any atom is 0.306 e. The average molecular weight is 296 g/mol. The van der Waals surface area contributed by atoms with E-state index in [4.69, 9.17) is 5.11 Å². The molecule has 0 heterocycles. The topological polar surface area (TPSA) is 78.4 Å². The average Bonchev–Trinajstić information content (AvgIpc) is 2.48. The van der Waals surface area contributed by atoms with Crippen LogP contribution in [0.25, 0.3) is 0 Å². The Balaban J connectivity index is 1.84. The molecule has 0 bridgehead atoms. The third-order valence-corrected chi connectivity index (χ3v) is 5.23. The molecule has 2 aliphatic carbocycles. The molecule has 1 amide bonds. The summed E-state index contributed by atoms with van der Waals surface area (Å²) in [7, 11) is 1.94. The first-order chi connectivity index (χ1) is 10.0. The van der Waals surface area contributed by atoms with Crippen molar-refractivity contribution in [2.45, 2.75) is 75.8 Å². The van der Waals surface area contributed by atoms with Crippen molar-refractivity contribution in [1.29, 1.82) is 0 Å². The van der Waals surface area contributed by atoms with Crippen molar-refractivity contribution in [2.24, 2.45) is 5.92 Å². The van der Waals surface area contributed by atoms with Crippen LogP contribution in [0.5, 0.6) is 0 Å². The lowest BCUT2D eigenvalue weighted by Gasteiger charge is -2.37. The van der Waals surface area contributed by atoms with Crippen molar-refractivity contribution in [3.05, 3.63) is 0 Å². The molecule has 0 aromatic heterocycles. The number of hydrogen-bond acceptors (Lipinski definition) is 3. The number of aliphatic carboxylic acids is 1. The van der Waals surface area contributed by atoms with Crippen molar-refractivity contribution in [2.75, 3.05) is 7.05 Å². The largest absolute Gasteiger partial charge is 0.481 e. The van der Waals surface area contributed by atoms with E-state index in [0.717, 1.165) is 32.1 Å². The minimum absolute atomic E-state index is 0.0323. The molecule has 21 heavy (non-hydrogen) atoms. The Kier molecular flexibility index (Phi) is 5.62. The van der Waals surface area contributed by atoms with Crippen LogP contribution in [0.2, 0.25) is 0 Å². The number of rotatable bonds is 5. The highest BCUT2D eigenvalue weighted by atomic mass is 16.4. The van der Waals surface area contributed by atoms with E-state index >= 15 is 0 Å². The lowest BCUT2D eigenvalue weighted by atomic mass is 9.79. The number of hydrogen-bond donors (Lipinski definition) is 3. The van der Waals surface area contributed by atoms with Crippen molar-refractivity contribution in [3.8, 4) is 0 Å². The number of nitrogens with one attached hydrogen (secondary N) is 2. The molecule has 0 aromatic carbocycles. The maximum absolute atomic E-state index is 12.3. The van der Waals surface area contributed by atoms with E-state index < -0.39 is 5.97 Å². The van der Waals surface area contributed by atoms with Gasteiger partial charge < -0.3 is 15.7 Å². The van der Waals surface area contributed by atoms with E-state index in [9.17, 15) is 9.59 Å². The Morgan fingerprint density at radius 3 is 2.48 bits per heavy atom. The van der Waals surface area contributed by atoms with Crippen LogP contribution in [0, 0.1) is 5.92 Å². The summed E-state index contributed by atoms with van der Waals surface area (Å²) in [5.41, 5.74) is -0.0524. The van der Waals surface area contributed by atoms with Crippen molar-refractivity contribution >= 4 is 11.9 Å². The van der Waals surface area contributed by atoms with Crippen LogP contribution in [-0.4, -0.2) is 35.6 Å². The predicted molar refractivity (Wildman–Crippen MR) is 81.0 cm³/mol. The van der Waals surface area contributed by atoms with Gasteiger partial charge in [-0.1, -0.05) is 25.7 Å². The molecule has 0 aliphatic heterocycles. The second-order valence-electron chi connectivity index (χ2n) is 6.73. The molecule has 0 radical (unpaired) electrons. The summed E-state index contributed by atoms with van der Waals surface area (Å²) in [6.07, 6.45) is 9.35. The zero-order valence-corrected chi connectivity index (χ0v) is 13.0. The van der Waals surface area contributed by atoms with Gasteiger partial charge in [0, 0.05) is 18.0 Å². The summed E-state index contributed by atoms with van der Waals surface area (Å²) < 4.78 is 0. The first-order valence-electron chi connectivity index (χ1n) is 8.26. The predicted octanol–water partition coefficient (Wildman–Crippen LogP) is 2.06. The van der Waals surface area contributed by atoms with Gasteiger partial charge in [-0.05, 0) is 39.2 Å². The van der Waals surface area contributed by atoms with Gasteiger partial charge in [0.05, 0.1) is 5.92 Å². The fourth-order valence-corrected chi connectivity index (χ4v) is 3.87. The van der Waals surface area contributed by atoms with Crippen molar-refractivity contribution < 1.29 is 14.7 Å². The van der Waals surface area contributed by atoms with Crippen molar-refractivity contribution in [1.82, 2.24) is 10.6 Å². The molecular formula is C16H28N2O3. The Labute approximate surface area is 126 Å². The van der Waals surface area contributed by atoms with E-state index in [1.165, 1.54) is 19.3 Å². The van der Waals surface area contributed by atoms with Gasteiger partial charge in [0.2, 0.25) is 5.91 Å². The smallest absolute Gasteiger partial charge is 0.306 e. The summed E-state index contributed by atoms with van der Waals surface area (Å²) in [5.74, 6) is -0.952. The Bertz CT molecular complexity index is 378. The first-order valence-corrected chi connectivity index (χ1v) is 8.26. The molecule has 120 valence electrons. The quantitative estimate of drug-likeness (QED) is 0.725. The van der Waals surface area contributed by atoms with Crippen LogP contribution >= 0.6 is 0 Å². The zero-order chi connectivity index (χ0) is 15.3. The molecule has 0 aromatic rings. The van der Waals surface area contributed by atoms with Gasteiger partial charge in [-0.2, -0.15) is 0 Å². The van der Waals surface area contributed by atoms with E-state index in [-0.39, 0.29) is 23.4 Å². The monoisotopic (exact) mass is 296 g/mol. The molecule has 2 fully saturated rings. The van der Waals surface area contributed by atoms with Gasteiger partial charge in [0.1, 0.15) is 0 Å². The van der Waals surface area contributed by atoms with Gasteiger partial charge in [0.15, 0.2) is 0 Å². The lowest BCUT2D eigenvalue weighted by molar-refractivity contribution is -0.143. The molecule has 2 unspecified atom stereocenters. The van der Waals surface area contributed by atoms with E-state index in [1.54, 1.807) is 0 Å². The second kappa shape index (κ2) is 7.25. The fourth-order valence-electron chi connectivity index (χ4n) is 3.87. The van der Waals surface area contributed by atoms with Gasteiger partial charge in [0.25, 0.3) is 0 Å². The molecule has 3 N–H and O–H groups in total. The number of carbonyl (C=O) groups excluding carboxylic acids is 1. The highest BCUT2D eigenvalue weighted by molar-refractivity contribution is 5.78. The molecule has 2 atom stereocenters. The van der Waals surface area contributed by atoms with Gasteiger partial charge >= 0.3 is 5.97 Å². The highest BCUT2D eigenvalue weighted by Gasteiger charge is 2.34. The Morgan fingerprint density at radius 1 is 1.14 bits per heavy atom. The summed E-state index contributed by atoms with van der Waals surface area (Å²) in [5, 5.41) is 15.5. The number of amides is 1. The summed E-state index contributed by atoms with van der Waals surface area (Å²) in [6.45, 7) is 0. The van der Waals surface area contributed by atoms with Crippen LogP contribution in [-0.2, 0) is 9.59 Å². The number of carbonyl (C=O) groups is 2. The first kappa shape index (κ1) is 16.3. The molecule has 5 heteroatoms. The minimum atomic E-state index is -0.729. The second-order valence-corrected chi connectivity index (χ2v) is 6.73. The van der Waals surface area contributed by atoms with Gasteiger partial charge in [-0.15, -0.1) is 0 Å². The summed E-state index contributed by atoms with van der Waals surface area (Å²) in [4.78, 5) is 23.4. The molecule has 2 aliphatic rings. The Hall–Kier alpha value is -1.10. The van der Waals surface area contributed by atoms with Crippen LogP contribution in [0.3, 0.4) is 0 Å². The van der Waals surface area contributed by atoms with Crippen LogP contribution in [0.15, 0.2) is 0 Å². The Morgan fingerprint density at radius 2 is 1.86 bits per heavy atom. The van der Waals surface area contributed by atoms with E-state index in [2.05, 4.69) is 10.6 Å². The molecule has 0 saturated heterocycles. The third-order valence-electron chi connectivity index (χ3n) is 5.23. The molecule has 0 spiro atoms. The van der Waals surface area contributed by atoms with Crippen molar-refractivity contribution in [3.63, 3.8) is 0 Å².